The molecular formula is C22H41N2O+. The Hall–Kier alpha value is -1.35. The van der Waals surface area contributed by atoms with Crippen molar-refractivity contribution in [3.05, 3.63) is 28.8 Å². The van der Waals surface area contributed by atoms with Crippen LogP contribution in [0.5, 0.6) is 0 Å². The van der Waals surface area contributed by atoms with Crippen LogP contribution in [0.4, 0.5) is 5.69 Å². The Kier molecular flexibility index (Phi) is 10.7. The van der Waals surface area contributed by atoms with Gasteiger partial charge in [0, 0.05) is 12.1 Å². The molecule has 1 aromatic rings. The van der Waals surface area contributed by atoms with E-state index in [9.17, 15) is 4.79 Å². The average molecular weight is 350 g/mol. The molecule has 0 aliphatic rings. The second-order valence-electron chi connectivity index (χ2n) is 7.42. The minimum absolute atomic E-state index is 0.00616. The number of anilines is 1. The van der Waals surface area contributed by atoms with E-state index in [0.717, 1.165) is 47.1 Å². The maximum absolute atomic E-state index is 13.0. The van der Waals surface area contributed by atoms with Crippen LogP contribution in [-0.4, -0.2) is 37.1 Å². The number of likely N-dealkylation sites (N-methyl/N-ethyl adjacent to an activating group) is 1. The van der Waals surface area contributed by atoms with Crippen molar-refractivity contribution in [2.75, 3.05) is 26.0 Å². The molecule has 144 valence electrons. The molecule has 3 heteroatoms. The Morgan fingerprint density at radius 2 is 1.56 bits per heavy atom. The standard InChI is InChI=1S/C20H34N2O.C2H6/c1-8-10-12-22(6,7)18(11-9-2)20(23)21-19-16(4)13-15(3)14-17(19)5;1-2/h13-14,18H,8-12H2,1-7H3;1-2H3/p+1. The first-order valence-electron chi connectivity index (χ1n) is 9.94. The van der Waals surface area contributed by atoms with Gasteiger partial charge in [0.1, 0.15) is 0 Å². The van der Waals surface area contributed by atoms with E-state index in [-0.39, 0.29) is 11.9 Å². The molecule has 1 rings (SSSR count). The highest BCUT2D eigenvalue weighted by Gasteiger charge is 2.34. The van der Waals surface area contributed by atoms with Gasteiger partial charge in [-0.1, -0.05) is 51.8 Å². The van der Waals surface area contributed by atoms with E-state index in [1.54, 1.807) is 0 Å². The fourth-order valence-corrected chi connectivity index (χ4v) is 3.38. The lowest BCUT2D eigenvalue weighted by atomic mass is 10.0. The highest BCUT2D eigenvalue weighted by molar-refractivity contribution is 5.95. The lowest BCUT2D eigenvalue weighted by molar-refractivity contribution is -0.906. The van der Waals surface area contributed by atoms with Crippen LogP contribution in [0, 0.1) is 20.8 Å². The van der Waals surface area contributed by atoms with Crippen LogP contribution in [0.3, 0.4) is 0 Å². The van der Waals surface area contributed by atoms with E-state index in [0.29, 0.717) is 0 Å². The van der Waals surface area contributed by atoms with E-state index < -0.39 is 0 Å². The Bertz CT molecular complexity index is 512. The van der Waals surface area contributed by atoms with Gasteiger partial charge in [-0.05, 0) is 44.7 Å². The molecule has 0 aliphatic heterocycles. The van der Waals surface area contributed by atoms with E-state index in [4.69, 9.17) is 0 Å². The topological polar surface area (TPSA) is 29.1 Å². The maximum Gasteiger partial charge on any atom is 0.282 e. The summed E-state index contributed by atoms with van der Waals surface area (Å²) < 4.78 is 0.761. The summed E-state index contributed by atoms with van der Waals surface area (Å²) in [5.74, 6) is 0.156. The van der Waals surface area contributed by atoms with Gasteiger partial charge < -0.3 is 9.80 Å². The van der Waals surface area contributed by atoms with Crippen molar-refractivity contribution in [1.82, 2.24) is 0 Å². The van der Waals surface area contributed by atoms with Crippen LogP contribution in [0.25, 0.3) is 0 Å². The number of carbonyl (C=O) groups is 1. The van der Waals surface area contributed by atoms with Crippen molar-refractivity contribution in [3.63, 3.8) is 0 Å². The molecule has 0 saturated heterocycles. The number of nitrogens with zero attached hydrogens (tertiary/aromatic N) is 1. The first-order valence-corrected chi connectivity index (χ1v) is 9.94. The Labute approximate surface area is 156 Å². The van der Waals surface area contributed by atoms with Crippen LogP contribution < -0.4 is 5.32 Å². The summed E-state index contributed by atoms with van der Waals surface area (Å²) in [7, 11) is 4.37. The zero-order valence-corrected chi connectivity index (χ0v) is 18.1. The van der Waals surface area contributed by atoms with Crippen molar-refractivity contribution >= 4 is 11.6 Å². The summed E-state index contributed by atoms with van der Waals surface area (Å²) in [6.07, 6.45) is 4.27. The first kappa shape index (κ1) is 23.6. The predicted octanol–water partition coefficient (Wildman–Crippen LogP) is 5.62. The van der Waals surface area contributed by atoms with Crippen LogP contribution in [0.15, 0.2) is 12.1 Å². The van der Waals surface area contributed by atoms with Gasteiger partial charge in [0.2, 0.25) is 0 Å². The van der Waals surface area contributed by atoms with E-state index >= 15 is 0 Å². The van der Waals surface area contributed by atoms with Gasteiger partial charge in [-0.3, -0.25) is 4.79 Å². The van der Waals surface area contributed by atoms with Crippen LogP contribution in [0.2, 0.25) is 0 Å². The molecule has 1 amide bonds. The number of unbranched alkanes of at least 4 members (excludes halogenated alkanes) is 1. The van der Waals surface area contributed by atoms with Gasteiger partial charge in [-0.2, -0.15) is 0 Å². The lowest BCUT2D eigenvalue weighted by Gasteiger charge is -2.37. The number of hydrogen-bond donors (Lipinski definition) is 1. The SMILES string of the molecule is CC.CCCC[N+](C)(C)C(CCC)C(=O)Nc1c(C)cc(C)cc1C. The molecule has 0 fully saturated rings. The van der Waals surface area contributed by atoms with Gasteiger partial charge in [0.05, 0.1) is 20.6 Å². The molecule has 0 spiro atoms. The third kappa shape index (κ3) is 7.19. The lowest BCUT2D eigenvalue weighted by Crippen LogP contribution is -2.55. The molecule has 0 bridgehead atoms. The third-order valence-corrected chi connectivity index (χ3v) is 4.72. The van der Waals surface area contributed by atoms with Gasteiger partial charge in [-0.15, -0.1) is 0 Å². The van der Waals surface area contributed by atoms with Crippen molar-refractivity contribution in [2.24, 2.45) is 0 Å². The molecule has 1 N–H and O–H groups in total. The predicted molar refractivity (Wildman–Crippen MR) is 111 cm³/mol. The molecule has 0 radical (unpaired) electrons. The van der Waals surface area contributed by atoms with Crippen molar-refractivity contribution < 1.29 is 9.28 Å². The second-order valence-corrected chi connectivity index (χ2v) is 7.42. The number of amides is 1. The Morgan fingerprint density at radius 1 is 1.04 bits per heavy atom. The summed E-state index contributed by atoms with van der Waals surface area (Å²) in [4.78, 5) is 13.0. The van der Waals surface area contributed by atoms with E-state index in [2.05, 4.69) is 66.2 Å². The molecule has 1 aromatic carbocycles. The number of hydrogen-bond acceptors (Lipinski definition) is 1. The van der Waals surface area contributed by atoms with Crippen molar-refractivity contribution in [2.45, 2.75) is 80.2 Å². The second kappa shape index (κ2) is 11.3. The summed E-state index contributed by atoms with van der Waals surface area (Å²) in [5, 5.41) is 3.22. The molecule has 25 heavy (non-hydrogen) atoms. The van der Waals surface area contributed by atoms with Crippen LogP contribution >= 0.6 is 0 Å². The van der Waals surface area contributed by atoms with Gasteiger partial charge in [-0.25, -0.2) is 0 Å². The summed E-state index contributed by atoms with van der Waals surface area (Å²) >= 11 is 0. The normalized spacial score (nSPS) is 12.2. The highest BCUT2D eigenvalue weighted by atomic mass is 16.2. The van der Waals surface area contributed by atoms with E-state index in [1.165, 1.54) is 12.0 Å². The highest BCUT2D eigenvalue weighted by Crippen LogP contribution is 2.24. The quantitative estimate of drug-likeness (QED) is 0.606. The fourth-order valence-electron chi connectivity index (χ4n) is 3.38. The minimum Gasteiger partial charge on any atom is -0.320 e. The van der Waals surface area contributed by atoms with E-state index in [1.807, 2.05) is 13.8 Å². The Balaban J connectivity index is 0.00000277. The number of rotatable bonds is 8. The fraction of sp³-hybridized carbons (Fsp3) is 0.682. The number of nitrogens with one attached hydrogen (secondary N) is 1. The maximum atomic E-state index is 13.0. The largest absolute Gasteiger partial charge is 0.320 e. The number of carbonyl (C=O) groups excluding carboxylic acids is 1. The molecule has 0 aliphatic carbocycles. The molecule has 1 atom stereocenters. The number of quaternary nitrogens is 1. The monoisotopic (exact) mass is 349 g/mol. The molecular weight excluding hydrogens is 308 g/mol. The summed E-state index contributed by atoms with van der Waals surface area (Å²) in [6.45, 7) is 15.6. The summed E-state index contributed by atoms with van der Waals surface area (Å²) in [6, 6.07) is 4.27. The van der Waals surface area contributed by atoms with Crippen LogP contribution in [-0.2, 0) is 4.79 Å². The van der Waals surface area contributed by atoms with Crippen LogP contribution in [0.1, 0.15) is 70.1 Å². The molecule has 0 aromatic heterocycles. The molecule has 1 unspecified atom stereocenters. The molecule has 3 nitrogen and oxygen atoms in total. The van der Waals surface area contributed by atoms with Gasteiger partial charge >= 0.3 is 0 Å². The van der Waals surface area contributed by atoms with Gasteiger partial charge in [0.15, 0.2) is 6.04 Å². The number of aryl methyl sites for hydroxylation is 3. The molecule has 0 saturated carbocycles. The Morgan fingerprint density at radius 3 is 2.00 bits per heavy atom. The molecule has 0 heterocycles. The third-order valence-electron chi connectivity index (χ3n) is 4.72. The smallest absolute Gasteiger partial charge is 0.282 e. The van der Waals surface area contributed by atoms with Gasteiger partial charge in [0.25, 0.3) is 5.91 Å². The first-order chi connectivity index (χ1) is 11.7. The number of benzene rings is 1. The summed E-state index contributed by atoms with van der Waals surface area (Å²) in [5.41, 5.74) is 4.51. The minimum atomic E-state index is 0.00616. The van der Waals surface area contributed by atoms with Crippen molar-refractivity contribution in [1.29, 1.82) is 0 Å². The zero-order valence-electron chi connectivity index (χ0n) is 18.1. The van der Waals surface area contributed by atoms with Crippen molar-refractivity contribution in [3.8, 4) is 0 Å². The zero-order chi connectivity index (χ0) is 19.6. The average Bonchev–Trinajstić information content (AvgIpc) is 2.55.